The molecule has 3 atom stereocenters. The largest absolute Gasteiger partial charge is 0.478 e. The number of carboxylic acids is 1. The summed E-state index contributed by atoms with van der Waals surface area (Å²) in [6, 6.07) is 30.3. The van der Waals surface area contributed by atoms with Crippen LogP contribution in [-0.2, 0) is 32.2 Å². The molecule has 0 aromatic heterocycles. The Kier molecular flexibility index (Phi) is 12.4. The Balaban J connectivity index is 1.30. The molecule has 0 unspecified atom stereocenters. The first-order chi connectivity index (χ1) is 23.3. The summed E-state index contributed by atoms with van der Waals surface area (Å²) in [4.78, 5) is 36.0. The Morgan fingerprint density at radius 2 is 1.50 bits per heavy atom. The predicted molar refractivity (Wildman–Crippen MR) is 180 cm³/mol. The van der Waals surface area contributed by atoms with Crippen molar-refractivity contribution in [1.82, 2.24) is 10.8 Å². The second kappa shape index (κ2) is 17.0. The molecule has 0 saturated carbocycles. The van der Waals surface area contributed by atoms with Crippen molar-refractivity contribution in [3.63, 3.8) is 0 Å². The topological polar surface area (TPSA) is 154 Å². The van der Waals surface area contributed by atoms with Crippen LogP contribution in [0.3, 0.4) is 0 Å². The number of hydrogen-bond acceptors (Lipinski definition) is 8. The Labute approximate surface area is 283 Å². The lowest BCUT2D eigenvalue weighted by atomic mass is 9.97. The predicted octanol–water partition coefficient (Wildman–Crippen LogP) is 6.17. The van der Waals surface area contributed by atoms with Crippen LogP contribution in [0, 0.1) is 0 Å². The molecule has 0 aliphatic carbocycles. The molecule has 0 bridgehead atoms. The van der Waals surface area contributed by atoms with Gasteiger partial charge in [-0.1, -0.05) is 84.9 Å². The van der Waals surface area contributed by atoms with Crippen LogP contribution < -0.4 is 10.8 Å². The number of aromatic carboxylic acids is 1. The summed E-state index contributed by atoms with van der Waals surface area (Å²) in [5.74, 6) is -1.15. The molecule has 11 heteroatoms. The van der Waals surface area contributed by atoms with E-state index in [2.05, 4.69) is 5.32 Å². The quantitative estimate of drug-likeness (QED) is 0.0602. The molecule has 1 aliphatic rings. The minimum Gasteiger partial charge on any atom is -0.478 e. The molecule has 2 amide bonds. The number of carbonyl (C=O) groups is 3. The standard InChI is InChI=1S/C37H38N2O8S/c40-22-24-12-14-26(15-13-24)32-20-29(23-48-33-9-4-3-8-31(33)36(43)44)46-37(47-32)27-18-16-25(17-19-27)30-7-2-1-6-28(30)21-38-34(41)10-5-11-35(42)39-45/h1-4,6-9,12-19,29,32,37,40,45H,5,10-11,20-23H2,(H,38,41)(H,39,42)(H,43,44)/t29-,32+,37+/m0/s1. The molecule has 1 heterocycles. The maximum Gasteiger partial charge on any atom is 0.336 e. The Morgan fingerprint density at radius 1 is 0.812 bits per heavy atom. The second-order valence-corrected chi connectivity index (χ2v) is 12.5. The molecule has 1 saturated heterocycles. The lowest BCUT2D eigenvalue weighted by Gasteiger charge is -2.36. The summed E-state index contributed by atoms with van der Waals surface area (Å²) in [5, 5.41) is 30.7. The molecule has 250 valence electrons. The molecule has 4 aromatic rings. The van der Waals surface area contributed by atoms with E-state index in [0.29, 0.717) is 30.0 Å². The summed E-state index contributed by atoms with van der Waals surface area (Å²) in [7, 11) is 0. The van der Waals surface area contributed by atoms with Gasteiger partial charge >= 0.3 is 5.97 Å². The maximum absolute atomic E-state index is 12.3. The summed E-state index contributed by atoms with van der Waals surface area (Å²) in [6.07, 6.45) is -0.0446. The van der Waals surface area contributed by atoms with Crippen LogP contribution >= 0.6 is 11.8 Å². The van der Waals surface area contributed by atoms with E-state index in [0.717, 1.165) is 33.4 Å². The van der Waals surface area contributed by atoms with E-state index in [-0.39, 0.29) is 43.1 Å². The van der Waals surface area contributed by atoms with Crippen molar-refractivity contribution >= 4 is 29.5 Å². The zero-order valence-electron chi connectivity index (χ0n) is 26.2. The van der Waals surface area contributed by atoms with Gasteiger partial charge < -0.3 is 25.0 Å². The minimum absolute atomic E-state index is 0.0485. The fraction of sp³-hybridized carbons (Fsp3) is 0.270. The average Bonchev–Trinajstić information content (AvgIpc) is 3.13. The van der Waals surface area contributed by atoms with E-state index < -0.39 is 18.2 Å². The van der Waals surface area contributed by atoms with Crippen LogP contribution in [0.4, 0.5) is 0 Å². The molecule has 0 spiro atoms. The number of benzene rings is 4. The number of hydroxylamine groups is 1. The third-order valence-corrected chi connectivity index (χ3v) is 9.28. The summed E-state index contributed by atoms with van der Waals surface area (Å²) >= 11 is 1.44. The Hall–Kier alpha value is -4.52. The molecular formula is C37H38N2O8S. The number of carboxylic acid groups (broad SMARTS) is 1. The molecule has 1 fully saturated rings. The number of nitrogens with one attached hydrogen (secondary N) is 2. The van der Waals surface area contributed by atoms with Crippen molar-refractivity contribution in [3.05, 3.63) is 125 Å². The van der Waals surface area contributed by atoms with E-state index in [9.17, 15) is 24.6 Å². The van der Waals surface area contributed by atoms with Crippen molar-refractivity contribution in [3.8, 4) is 11.1 Å². The third-order valence-electron chi connectivity index (χ3n) is 8.08. The SMILES string of the molecule is O=C(CCCC(=O)NCc1ccccc1-c1ccc([C@@H]2O[C@H](CSc3ccccc3C(=O)O)C[C@H](c3ccc(CO)cc3)O2)cc1)NO. The van der Waals surface area contributed by atoms with Gasteiger partial charge in [-0.05, 0) is 46.4 Å². The van der Waals surface area contributed by atoms with Gasteiger partial charge in [-0.15, -0.1) is 11.8 Å². The molecule has 1 aliphatic heterocycles. The maximum atomic E-state index is 12.3. The van der Waals surface area contributed by atoms with Gasteiger partial charge in [-0.25, -0.2) is 10.3 Å². The minimum atomic E-state index is -0.973. The molecule has 48 heavy (non-hydrogen) atoms. The van der Waals surface area contributed by atoms with Crippen LogP contribution in [0.15, 0.2) is 102 Å². The van der Waals surface area contributed by atoms with Gasteiger partial charge in [-0.2, -0.15) is 0 Å². The molecular weight excluding hydrogens is 632 g/mol. The lowest BCUT2D eigenvalue weighted by Crippen LogP contribution is -2.31. The summed E-state index contributed by atoms with van der Waals surface area (Å²) in [5.41, 5.74) is 7.26. The first kappa shape index (κ1) is 34.8. The van der Waals surface area contributed by atoms with Crippen LogP contribution in [0.25, 0.3) is 11.1 Å². The Bertz CT molecular complexity index is 1700. The van der Waals surface area contributed by atoms with Crippen molar-refractivity contribution in [2.45, 2.75) is 62.2 Å². The number of thioether (sulfide) groups is 1. The van der Waals surface area contributed by atoms with Crippen LogP contribution in [0.1, 0.15) is 70.7 Å². The van der Waals surface area contributed by atoms with E-state index in [4.69, 9.17) is 14.7 Å². The van der Waals surface area contributed by atoms with Gasteiger partial charge in [0.05, 0.1) is 24.4 Å². The number of ether oxygens (including phenoxy) is 2. The fourth-order valence-corrected chi connectivity index (χ4v) is 6.56. The zero-order valence-corrected chi connectivity index (χ0v) is 27.0. The third kappa shape index (κ3) is 9.30. The lowest BCUT2D eigenvalue weighted by molar-refractivity contribution is -0.245. The first-order valence-corrected chi connectivity index (χ1v) is 16.7. The van der Waals surface area contributed by atoms with E-state index >= 15 is 0 Å². The number of amides is 2. The van der Waals surface area contributed by atoms with Gasteiger partial charge in [0.25, 0.3) is 0 Å². The fourth-order valence-electron chi connectivity index (χ4n) is 5.50. The van der Waals surface area contributed by atoms with Gasteiger partial charge in [0.2, 0.25) is 11.8 Å². The number of hydrogen-bond donors (Lipinski definition) is 5. The smallest absolute Gasteiger partial charge is 0.336 e. The zero-order chi connectivity index (χ0) is 33.9. The van der Waals surface area contributed by atoms with E-state index in [1.54, 1.807) is 23.7 Å². The highest BCUT2D eigenvalue weighted by molar-refractivity contribution is 7.99. The highest BCUT2D eigenvalue weighted by Crippen LogP contribution is 2.40. The molecule has 0 radical (unpaired) electrons. The van der Waals surface area contributed by atoms with Gasteiger partial charge in [0, 0.05) is 42.0 Å². The van der Waals surface area contributed by atoms with Crippen molar-refractivity contribution in [2.24, 2.45) is 0 Å². The molecule has 4 aromatic carbocycles. The van der Waals surface area contributed by atoms with Crippen LogP contribution in [0.5, 0.6) is 0 Å². The van der Waals surface area contributed by atoms with Gasteiger partial charge in [-0.3, -0.25) is 14.8 Å². The van der Waals surface area contributed by atoms with Gasteiger partial charge in [0.1, 0.15) is 0 Å². The second-order valence-electron chi connectivity index (χ2n) is 11.4. The van der Waals surface area contributed by atoms with E-state index in [1.165, 1.54) is 11.8 Å². The summed E-state index contributed by atoms with van der Waals surface area (Å²) in [6.45, 7) is 0.270. The average molecular weight is 671 g/mol. The highest BCUT2D eigenvalue weighted by Gasteiger charge is 2.32. The van der Waals surface area contributed by atoms with Crippen molar-refractivity contribution in [2.75, 3.05) is 5.75 Å². The van der Waals surface area contributed by atoms with Gasteiger partial charge in [0.15, 0.2) is 6.29 Å². The number of rotatable bonds is 14. The van der Waals surface area contributed by atoms with Crippen LogP contribution in [-0.4, -0.2) is 45.1 Å². The number of carbonyl (C=O) groups excluding carboxylic acids is 2. The van der Waals surface area contributed by atoms with Crippen molar-refractivity contribution < 1.29 is 39.3 Å². The monoisotopic (exact) mass is 670 g/mol. The number of aliphatic hydroxyl groups is 1. The number of aliphatic hydroxyl groups excluding tert-OH is 1. The molecule has 10 nitrogen and oxygen atoms in total. The molecule has 5 rings (SSSR count). The normalized spacial score (nSPS) is 17.4. The molecule has 5 N–H and O–H groups in total. The highest BCUT2D eigenvalue weighted by atomic mass is 32.2. The van der Waals surface area contributed by atoms with Crippen LogP contribution in [0.2, 0.25) is 0 Å². The first-order valence-electron chi connectivity index (χ1n) is 15.7. The van der Waals surface area contributed by atoms with Crippen molar-refractivity contribution in [1.29, 1.82) is 0 Å². The van der Waals surface area contributed by atoms with E-state index in [1.807, 2.05) is 78.9 Å². The Morgan fingerprint density at radius 3 is 2.23 bits per heavy atom. The summed E-state index contributed by atoms with van der Waals surface area (Å²) < 4.78 is 13.0.